The van der Waals surface area contributed by atoms with Gasteiger partial charge >= 0.3 is 5.97 Å². The first kappa shape index (κ1) is 17.8. The maximum atomic E-state index is 12.3. The number of nitriles is 1. The fourth-order valence-corrected chi connectivity index (χ4v) is 2.13. The van der Waals surface area contributed by atoms with Gasteiger partial charge in [0, 0.05) is 11.3 Å². The molecule has 1 amide bonds. The smallest absolute Gasteiger partial charge is 0.337 e. The Morgan fingerprint density at radius 2 is 1.88 bits per heavy atom. The van der Waals surface area contributed by atoms with Crippen molar-refractivity contribution in [2.45, 2.75) is 0 Å². The van der Waals surface area contributed by atoms with Gasteiger partial charge in [0.15, 0.2) is 0 Å². The summed E-state index contributed by atoms with van der Waals surface area (Å²) in [7, 11) is 2.79. The second-order valence-corrected chi connectivity index (χ2v) is 4.94. The molecule has 0 saturated carbocycles. The van der Waals surface area contributed by atoms with E-state index in [9.17, 15) is 14.9 Å². The molecule has 0 radical (unpaired) electrons. The van der Waals surface area contributed by atoms with Gasteiger partial charge in [-0.2, -0.15) is 5.26 Å². The molecule has 0 aliphatic carbocycles. The quantitative estimate of drug-likeness (QED) is 0.515. The van der Waals surface area contributed by atoms with Gasteiger partial charge in [-0.05, 0) is 30.3 Å². The Morgan fingerprint density at radius 1 is 1.12 bits per heavy atom. The van der Waals surface area contributed by atoms with Crippen molar-refractivity contribution < 1.29 is 19.1 Å². The molecule has 25 heavy (non-hydrogen) atoms. The molecule has 2 aromatic rings. The van der Waals surface area contributed by atoms with E-state index < -0.39 is 11.9 Å². The Balaban J connectivity index is 2.25. The molecule has 2 aromatic carbocycles. The van der Waals surface area contributed by atoms with E-state index in [4.69, 9.17) is 4.74 Å². The number of esters is 1. The van der Waals surface area contributed by atoms with Crippen molar-refractivity contribution in [3.63, 3.8) is 0 Å². The number of carbonyl (C=O) groups excluding carboxylic acids is 2. The van der Waals surface area contributed by atoms with Crippen LogP contribution in [0.1, 0.15) is 15.9 Å². The first-order valence-corrected chi connectivity index (χ1v) is 7.33. The SMILES string of the molecule is COC(=O)c1cccc(NC(=O)/C(C#N)=C/c2ccccc2OC)c1. The lowest BCUT2D eigenvalue weighted by Crippen LogP contribution is -2.14. The third kappa shape index (κ3) is 4.45. The van der Waals surface area contributed by atoms with Crippen LogP contribution in [-0.2, 0) is 9.53 Å². The Morgan fingerprint density at radius 3 is 2.56 bits per heavy atom. The maximum absolute atomic E-state index is 12.3. The van der Waals surface area contributed by atoms with Gasteiger partial charge < -0.3 is 14.8 Å². The van der Waals surface area contributed by atoms with Gasteiger partial charge in [-0.1, -0.05) is 24.3 Å². The molecule has 0 aromatic heterocycles. The fraction of sp³-hybridized carbons (Fsp3) is 0.105. The largest absolute Gasteiger partial charge is 0.496 e. The predicted octanol–water partition coefficient (Wildman–Crippen LogP) is 3.03. The molecular formula is C19H16N2O4. The zero-order valence-corrected chi connectivity index (χ0v) is 13.8. The molecule has 0 aliphatic heterocycles. The van der Waals surface area contributed by atoms with Crippen molar-refractivity contribution in [3.8, 4) is 11.8 Å². The van der Waals surface area contributed by atoms with Crippen LogP contribution in [0.4, 0.5) is 5.69 Å². The zero-order chi connectivity index (χ0) is 18.2. The van der Waals surface area contributed by atoms with Crippen LogP contribution in [-0.4, -0.2) is 26.1 Å². The van der Waals surface area contributed by atoms with Crippen molar-refractivity contribution in [2.75, 3.05) is 19.5 Å². The zero-order valence-electron chi connectivity index (χ0n) is 13.8. The highest BCUT2D eigenvalue weighted by Gasteiger charge is 2.12. The fourth-order valence-electron chi connectivity index (χ4n) is 2.13. The summed E-state index contributed by atoms with van der Waals surface area (Å²) in [5, 5.41) is 11.9. The number of rotatable bonds is 5. The van der Waals surface area contributed by atoms with Crippen LogP contribution in [0.2, 0.25) is 0 Å². The van der Waals surface area contributed by atoms with Gasteiger partial charge in [0.2, 0.25) is 0 Å². The van der Waals surface area contributed by atoms with Crippen LogP contribution in [0.15, 0.2) is 54.1 Å². The third-order valence-corrected chi connectivity index (χ3v) is 3.35. The van der Waals surface area contributed by atoms with Crippen LogP contribution in [0.5, 0.6) is 5.75 Å². The van der Waals surface area contributed by atoms with E-state index in [0.717, 1.165) is 0 Å². The minimum atomic E-state index is -0.588. The second kappa shape index (κ2) is 8.31. The average molecular weight is 336 g/mol. The van der Waals surface area contributed by atoms with E-state index in [1.54, 1.807) is 42.5 Å². The van der Waals surface area contributed by atoms with Crippen LogP contribution in [0.25, 0.3) is 6.08 Å². The first-order chi connectivity index (χ1) is 12.1. The lowest BCUT2D eigenvalue weighted by atomic mass is 10.1. The predicted molar refractivity (Wildman–Crippen MR) is 93.0 cm³/mol. The van der Waals surface area contributed by atoms with Crippen molar-refractivity contribution in [2.24, 2.45) is 0 Å². The Hall–Kier alpha value is -3.59. The van der Waals surface area contributed by atoms with Crippen LogP contribution in [0, 0.1) is 11.3 Å². The van der Waals surface area contributed by atoms with Gasteiger partial charge in [0.1, 0.15) is 17.4 Å². The van der Waals surface area contributed by atoms with Gasteiger partial charge in [0.05, 0.1) is 19.8 Å². The lowest BCUT2D eigenvalue weighted by molar-refractivity contribution is -0.112. The maximum Gasteiger partial charge on any atom is 0.337 e. The molecule has 6 heteroatoms. The van der Waals surface area contributed by atoms with E-state index >= 15 is 0 Å². The molecule has 0 spiro atoms. The van der Waals surface area contributed by atoms with Crippen molar-refractivity contribution in [1.29, 1.82) is 5.26 Å². The number of anilines is 1. The Kier molecular flexibility index (Phi) is 5.91. The van der Waals surface area contributed by atoms with Crippen LogP contribution >= 0.6 is 0 Å². The number of ether oxygens (including phenoxy) is 2. The van der Waals surface area contributed by atoms with E-state index in [1.807, 2.05) is 6.07 Å². The van der Waals surface area contributed by atoms with Crippen LogP contribution in [0.3, 0.4) is 0 Å². The summed E-state index contributed by atoms with van der Waals surface area (Å²) in [4.78, 5) is 23.9. The van der Waals surface area contributed by atoms with E-state index in [2.05, 4.69) is 10.1 Å². The molecule has 1 N–H and O–H groups in total. The number of amides is 1. The minimum Gasteiger partial charge on any atom is -0.496 e. The highest BCUT2D eigenvalue weighted by molar-refractivity contribution is 6.10. The molecule has 0 bridgehead atoms. The highest BCUT2D eigenvalue weighted by Crippen LogP contribution is 2.21. The molecule has 126 valence electrons. The molecule has 0 aliphatic rings. The molecule has 6 nitrogen and oxygen atoms in total. The van der Waals surface area contributed by atoms with E-state index in [1.165, 1.54) is 26.4 Å². The van der Waals surface area contributed by atoms with Gasteiger partial charge in [0.25, 0.3) is 5.91 Å². The number of nitrogens with one attached hydrogen (secondary N) is 1. The molecule has 0 heterocycles. The Bertz CT molecular complexity index is 866. The second-order valence-electron chi connectivity index (χ2n) is 4.94. The normalized spacial score (nSPS) is 10.5. The van der Waals surface area contributed by atoms with Crippen molar-refractivity contribution >= 4 is 23.6 Å². The summed E-state index contributed by atoms with van der Waals surface area (Å²) in [6.45, 7) is 0. The summed E-state index contributed by atoms with van der Waals surface area (Å²) in [5.41, 5.74) is 1.20. The van der Waals surface area contributed by atoms with Gasteiger partial charge in [-0.3, -0.25) is 4.79 Å². The third-order valence-electron chi connectivity index (χ3n) is 3.35. The van der Waals surface area contributed by atoms with Gasteiger partial charge in [-0.15, -0.1) is 0 Å². The number of hydrogen-bond donors (Lipinski definition) is 1. The summed E-state index contributed by atoms with van der Waals surface area (Å²) >= 11 is 0. The minimum absolute atomic E-state index is 0.0898. The number of methoxy groups -OCH3 is 2. The number of benzene rings is 2. The molecule has 2 rings (SSSR count). The van der Waals surface area contributed by atoms with Crippen molar-refractivity contribution in [1.82, 2.24) is 0 Å². The molecular weight excluding hydrogens is 320 g/mol. The van der Waals surface area contributed by atoms with Gasteiger partial charge in [-0.25, -0.2) is 4.79 Å². The number of hydrogen-bond acceptors (Lipinski definition) is 5. The first-order valence-electron chi connectivity index (χ1n) is 7.33. The van der Waals surface area contributed by atoms with Crippen molar-refractivity contribution in [3.05, 3.63) is 65.2 Å². The van der Waals surface area contributed by atoms with E-state index in [0.29, 0.717) is 22.6 Å². The van der Waals surface area contributed by atoms with E-state index in [-0.39, 0.29) is 5.57 Å². The highest BCUT2D eigenvalue weighted by atomic mass is 16.5. The molecule has 0 saturated heterocycles. The topological polar surface area (TPSA) is 88.4 Å². The summed E-state index contributed by atoms with van der Waals surface area (Å²) < 4.78 is 9.85. The molecule has 0 fully saturated rings. The molecule has 0 unspecified atom stereocenters. The average Bonchev–Trinajstić information content (AvgIpc) is 2.65. The summed E-state index contributed by atoms with van der Waals surface area (Å²) in [6.07, 6.45) is 1.44. The summed E-state index contributed by atoms with van der Waals surface area (Å²) in [5.74, 6) is -0.549. The summed E-state index contributed by atoms with van der Waals surface area (Å²) in [6, 6.07) is 15.2. The standard InChI is InChI=1S/C19H16N2O4/c1-24-17-9-4-3-6-13(17)10-15(12-20)18(22)21-16-8-5-7-14(11-16)19(23)25-2/h3-11H,1-2H3,(H,21,22)/b15-10+. The number of carbonyl (C=O) groups is 2. The van der Waals surface area contributed by atoms with Crippen LogP contribution < -0.4 is 10.1 Å². The number of para-hydroxylation sites is 1. The number of nitrogens with zero attached hydrogens (tertiary/aromatic N) is 1. The monoisotopic (exact) mass is 336 g/mol. The molecule has 0 atom stereocenters. The Labute approximate surface area is 145 Å². The lowest BCUT2D eigenvalue weighted by Gasteiger charge is -2.07.